The number of imidazole rings is 1. The van der Waals surface area contributed by atoms with Crippen LogP contribution in [0.5, 0.6) is 11.5 Å². The molecule has 0 fully saturated rings. The normalized spacial score (nSPS) is 16.7. The Kier molecular flexibility index (Phi) is 7.04. The first-order chi connectivity index (χ1) is 45.9. The van der Waals surface area contributed by atoms with Crippen molar-refractivity contribution in [3.8, 4) is 39.8 Å². The average molecular weight is 1010 g/mol. The van der Waals surface area contributed by atoms with Crippen molar-refractivity contribution in [1.29, 1.82) is 0 Å². The van der Waals surface area contributed by atoms with Crippen LogP contribution in [0.15, 0.2) is 236 Å². The van der Waals surface area contributed by atoms with Crippen LogP contribution in [-0.4, -0.2) is 22.2 Å². The van der Waals surface area contributed by atoms with Gasteiger partial charge in [-0.15, -0.1) is 0 Å². The summed E-state index contributed by atoms with van der Waals surface area (Å²) in [5.41, 5.74) is 1.06. The molecule has 9 aromatic carbocycles. The van der Waals surface area contributed by atoms with Crippen LogP contribution in [0.3, 0.4) is 0 Å². The lowest BCUT2D eigenvalue weighted by Gasteiger charge is -2.39. The first-order valence-electron chi connectivity index (χ1n) is 35.6. The standard InChI is InChI=1S/C69H60N4OSi/c1-48-41-66(70-46-59(48)49-25-12-8-13-26-49)73-61-36-21-20-35-57(61)58-40-39-53(45-64(58)73)74-52-28-24-27-51(44-52)71-47-72(63-38-23-22-37-62(63)71)67-60(69(5,6)7)42-50(68(2,3)4)43-65(67)75(54-29-14-9-15-30-54,55-31-16-10-17-32-55)56-33-18-11-19-34-56/h8-46H,1-7H3/i1D3,8D,9D,10D,11D,12D,13D,14D,15D,16D,17D,18D,19D,25D,26D,29D,30D,31D,32D,33D,34D. The fourth-order valence-electron chi connectivity index (χ4n) is 9.91. The molecule has 3 aromatic heterocycles. The van der Waals surface area contributed by atoms with Crippen LogP contribution in [0, 0.1) is 13.2 Å². The van der Waals surface area contributed by atoms with Gasteiger partial charge in [0.15, 0.2) is 8.07 Å². The average Bonchev–Trinajstić information content (AvgIpc) is 0.716. The molecule has 366 valence electrons. The number of hydrogen-bond acceptors (Lipinski definition) is 2. The quantitative estimate of drug-likeness (QED) is 0.0592. The zero-order valence-electron chi connectivity index (χ0n) is 64.7. The van der Waals surface area contributed by atoms with Crippen LogP contribution < -0.4 is 30.1 Å². The van der Waals surface area contributed by atoms with Crippen molar-refractivity contribution >= 4 is 61.7 Å². The minimum Gasteiger partial charge on any atom is -0.458 e. The summed E-state index contributed by atoms with van der Waals surface area (Å²) in [5.74, 6) is 0.754. The molecule has 0 aliphatic carbocycles. The SMILES string of the molecule is [2H]c1c([2H])c([2H])c(-c2cnc(-n3c4ccccc4c4ccc(Oc5cccc(-n6[c-][n+](-c7c(C(C)(C)C)cc(C(C)(C)C)cc7[Si](c7c([2H])c([2H])c([2H])c([2H])c7[2H])(c7c([2H])c([2H])c([2H])c([2H])c7[2H])c7c([2H])c([2H])c([2H])c([2H])c7[2H])c7ccccc76)c5)cc43)cc2C([2H])([2H])[2H])c([2H])c1[2H]. The van der Waals surface area contributed by atoms with E-state index >= 15 is 0 Å². The van der Waals surface area contributed by atoms with E-state index in [0.29, 0.717) is 50.4 Å². The van der Waals surface area contributed by atoms with E-state index in [0.717, 1.165) is 10.8 Å². The molecule has 75 heavy (non-hydrogen) atoms. The highest BCUT2D eigenvalue weighted by molar-refractivity contribution is 7.20. The number of hydrogen-bond donors (Lipinski definition) is 0. The van der Waals surface area contributed by atoms with Gasteiger partial charge in [0, 0.05) is 32.7 Å². The van der Waals surface area contributed by atoms with E-state index in [4.69, 9.17) is 24.8 Å². The molecule has 0 aliphatic rings. The number of fused-ring (bicyclic) bond motifs is 4. The molecule has 0 unspecified atom stereocenters. The van der Waals surface area contributed by atoms with Gasteiger partial charge in [-0.25, -0.2) is 4.98 Å². The van der Waals surface area contributed by atoms with Gasteiger partial charge < -0.3 is 4.74 Å². The first-order valence-corrected chi connectivity index (χ1v) is 26.1. The smallest absolute Gasteiger partial charge is 0.269 e. The highest BCUT2D eigenvalue weighted by Gasteiger charge is 2.45. The summed E-state index contributed by atoms with van der Waals surface area (Å²) >= 11 is 0. The van der Waals surface area contributed by atoms with Gasteiger partial charge in [-0.2, -0.15) is 0 Å². The first kappa shape index (κ1) is 28.2. The lowest BCUT2D eigenvalue weighted by atomic mass is 9.79. The maximum Gasteiger partial charge on any atom is 0.269 e. The van der Waals surface area contributed by atoms with Crippen molar-refractivity contribution in [1.82, 2.24) is 14.1 Å². The Hall–Kier alpha value is -8.58. The molecule has 12 rings (SSSR count). The van der Waals surface area contributed by atoms with Crippen LogP contribution >= 0.6 is 0 Å². The number of ether oxygens (including phenoxy) is 1. The van der Waals surface area contributed by atoms with Gasteiger partial charge in [-0.05, 0) is 103 Å². The molecular formula is C69H60N4OSi. The fraction of sp³-hybridized carbons (Fsp3) is 0.130. The Morgan fingerprint density at radius 3 is 1.81 bits per heavy atom. The Morgan fingerprint density at radius 2 is 1.17 bits per heavy atom. The minimum absolute atomic E-state index is 0.0608. The number of nitrogens with zero attached hydrogens (tertiary/aromatic N) is 4. The summed E-state index contributed by atoms with van der Waals surface area (Å²) in [4.78, 5) is 4.71. The van der Waals surface area contributed by atoms with E-state index in [9.17, 15) is 16.4 Å². The Bertz CT molecular complexity index is 5130. The molecule has 0 N–H and O–H groups in total. The molecule has 12 aromatic rings. The maximum absolute atomic E-state index is 9.98. The van der Waals surface area contributed by atoms with Crippen LogP contribution in [0.1, 0.15) is 89.8 Å². The second kappa shape index (κ2) is 18.7. The third kappa shape index (κ3) is 8.36. The van der Waals surface area contributed by atoms with Gasteiger partial charge in [-0.1, -0.05) is 223 Å². The highest BCUT2D eigenvalue weighted by atomic mass is 28.3. The molecule has 5 nitrogen and oxygen atoms in total. The molecule has 0 saturated carbocycles. The van der Waals surface area contributed by atoms with E-state index in [1.165, 1.54) is 12.3 Å². The number of aromatic nitrogens is 4. The van der Waals surface area contributed by atoms with Crippen LogP contribution in [0.2, 0.25) is 0 Å². The van der Waals surface area contributed by atoms with Gasteiger partial charge in [-0.3, -0.25) is 13.7 Å². The second-order valence-electron chi connectivity index (χ2n) is 20.1. The van der Waals surface area contributed by atoms with Crippen molar-refractivity contribution in [3.05, 3.63) is 259 Å². The number of rotatable bonds is 10. The maximum atomic E-state index is 9.98. The van der Waals surface area contributed by atoms with Gasteiger partial charge in [0.25, 0.3) is 6.33 Å². The molecule has 3 heterocycles. The Morgan fingerprint density at radius 1 is 0.573 bits per heavy atom. The molecule has 0 bridgehead atoms. The van der Waals surface area contributed by atoms with Crippen molar-refractivity contribution in [3.63, 3.8) is 0 Å². The van der Waals surface area contributed by atoms with Crippen molar-refractivity contribution in [2.45, 2.75) is 59.2 Å². The zero-order valence-corrected chi connectivity index (χ0v) is 42.7. The lowest BCUT2D eigenvalue weighted by Crippen LogP contribution is -2.76. The summed E-state index contributed by atoms with van der Waals surface area (Å²) in [6, 6.07) is 15.3. The van der Waals surface area contributed by atoms with Gasteiger partial charge >= 0.3 is 0 Å². The molecule has 0 aliphatic heterocycles. The highest BCUT2D eigenvalue weighted by Crippen LogP contribution is 2.38. The van der Waals surface area contributed by atoms with E-state index in [1.54, 1.807) is 80.4 Å². The predicted octanol–water partition coefficient (Wildman–Crippen LogP) is 13.9. The topological polar surface area (TPSA) is 35.9 Å². The third-order valence-electron chi connectivity index (χ3n) is 13.4. The largest absolute Gasteiger partial charge is 0.458 e. The Labute approximate surface area is 474 Å². The molecule has 0 radical (unpaired) electrons. The van der Waals surface area contributed by atoms with Crippen LogP contribution in [0.25, 0.3) is 61.2 Å². The summed E-state index contributed by atoms with van der Waals surface area (Å²) in [7, 11) is -5.80. The fourth-order valence-corrected chi connectivity index (χ4v) is 13.9. The minimum atomic E-state index is -5.80. The van der Waals surface area contributed by atoms with Crippen molar-refractivity contribution in [2.24, 2.45) is 0 Å². The number of benzene rings is 9. The number of aryl methyl sites for hydroxylation is 1. The molecule has 0 atom stereocenters. The van der Waals surface area contributed by atoms with Crippen LogP contribution in [0.4, 0.5) is 0 Å². The molecule has 0 spiro atoms. The molecule has 6 heteroatoms. The number of pyridine rings is 1. The van der Waals surface area contributed by atoms with E-state index in [2.05, 4.69) is 6.33 Å². The molecule has 0 saturated heterocycles. The lowest BCUT2D eigenvalue weighted by molar-refractivity contribution is -0.572. The molecule has 0 amide bonds. The summed E-state index contributed by atoms with van der Waals surface area (Å²) in [5, 5.41) is -0.472. The third-order valence-corrected chi connectivity index (χ3v) is 17.6. The van der Waals surface area contributed by atoms with E-state index in [1.807, 2.05) is 77.9 Å². The van der Waals surface area contributed by atoms with Gasteiger partial charge in [0.05, 0.1) is 60.9 Å². The molecular weight excluding hydrogens is 929 g/mol. The second-order valence-corrected chi connectivity index (χ2v) is 23.7. The Balaban J connectivity index is 1.13. The van der Waals surface area contributed by atoms with E-state index < -0.39 is 162 Å². The monoisotopic (exact) mass is 1010 g/mol. The van der Waals surface area contributed by atoms with Crippen molar-refractivity contribution < 1.29 is 40.8 Å². The predicted molar refractivity (Wildman–Crippen MR) is 313 cm³/mol. The summed E-state index contributed by atoms with van der Waals surface area (Å²) < 4.78 is 222. The van der Waals surface area contributed by atoms with Gasteiger partial charge in [0.1, 0.15) is 17.3 Å². The van der Waals surface area contributed by atoms with Crippen molar-refractivity contribution in [2.75, 3.05) is 0 Å². The van der Waals surface area contributed by atoms with Crippen LogP contribution in [-0.2, 0) is 10.8 Å². The van der Waals surface area contributed by atoms with Gasteiger partial charge in [0.2, 0.25) is 0 Å². The number of para-hydroxylation sites is 3. The summed E-state index contributed by atoms with van der Waals surface area (Å²) in [6.07, 6.45) is 4.75. The van der Waals surface area contributed by atoms with E-state index in [-0.39, 0.29) is 33.4 Å². The summed E-state index contributed by atoms with van der Waals surface area (Å²) in [6.45, 7) is 8.53. The zero-order chi connectivity index (χ0) is 71.4.